The minimum absolute atomic E-state index is 0.0647. The summed E-state index contributed by atoms with van der Waals surface area (Å²) in [5.41, 5.74) is 1.34. The van der Waals surface area contributed by atoms with Crippen LogP contribution in [0.15, 0.2) is 4.52 Å². The van der Waals surface area contributed by atoms with Gasteiger partial charge in [0.25, 0.3) is 0 Å². The van der Waals surface area contributed by atoms with Crippen molar-refractivity contribution in [3.8, 4) is 0 Å². The molecule has 0 bridgehead atoms. The maximum Gasteiger partial charge on any atom is 0.326 e. The largest absolute Gasteiger partial charge is 0.480 e. The Labute approximate surface area is 117 Å². The summed E-state index contributed by atoms with van der Waals surface area (Å²) in [6, 6.07) is -0.905. The molecule has 7 nitrogen and oxygen atoms in total. The van der Waals surface area contributed by atoms with Gasteiger partial charge < -0.3 is 19.7 Å². The average Bonchev–Trinajstić information content (AvgIpc) is 2.69. The zero-order valence-corrected chi connectivity index (χ0v) is 11.9. The molecule has 0 saturated carbocycles. The summed E-state index contributed by atoms with van der Waals surface area (Å²) in [4.78, 5) is 23.0. The van der Waals surface area contributed by atoms with Gasteiger partial charge in [0.15, 0.2) is 0 Å². The molecule has 1 aromatic heterocycles. The van der Waals surface area contributed by atoms with Gasteiger partial charge >= 0.3 is 5.97 Å². The Hall–Kier alpha value is -1.89. The Morgan fingerprint density at radius 1 is 1.45 bits per heavy atom. The number of hydrogen-bond acceptors (Lipinski definition) is 5. The average molecular weight is 284 g/mol. The number of aromatic nitrogens is 1. The maximum atomic E-state index is 11.9. The van der Waals surface area contributed by atoms with Gasteiger partial charge in [-0.05, 0) is 26.7 Å². The fourth-order valence-corrected chi connectivity index (χ4v) is 1.85. The number of amides is 1. The molecule has 1 heterocycles. The van der Waals surface area contributed by atoms with Crippen LogP contribution in [0.4, 0.5) is 0 Å². The molecule has 0 spiro atoms. The SMILES string of the molecule is COCCCC(NC(=O)Cc1c(C)noc1C)C(=O)O. The second-order valence-electron chi connectivity index (χ2n) is 4.57. The molecule has 1 atom stereocenters. The van der Waals surface area contributed by atoms with Gasteiger partial charge in [-0.25, -0.2) is 4.79 Å². The van der Waals surface area contributed by atoms with E-state index in [9.17, 15) is 9.59 Å². The van der Waals surface area contributed by atoms with Crippen LogP contribution in [0.2, 0.25) is 0 Å². The smallest absolute Gasteiger partial charge is 0.326 e. The highest BCUT2D eigenvalue weighted by Gasteiger charge is 2.21. The first-order valence-electron chi connectivity index (χ1n) is 6.38. The van der Waals surface area contributed by atoms with Gasteiger partial charge in [-0.15, -0.1) is 0 Å². The number of carboxylic acid groups (broad SMARTS) is 1. The van der Waals surface area contributed by atoms with Crippen molar-refractivity contribution in [3.05, 3.63) is 17.0 Å². The third kappa shape index (κ3) is 4.65. The highest BCUT2D eigenvalue weighted by atomic mass is 16.5. The van der Waals surface area contributed by atoms with Crippen molar-refractivity contribution in [1.82, 2.24) is 10.5 Å². The second-order valence-corrected chi connectivity index (χ2v) is 4.57. The van der Waals surface area contributed by atoms with Crippen molar-refractivity contribution in [1.29, 1.82) is 0 Å². The molecule has 0 aliphatic rings. The van der Waals surface area contributed by atoms with Gasteiger partial charge in [-0.1, -0.05) is 5.16 Å². The van der Waals surface area contributed by atoms with Gasteiger partial charge in [0.1, 0.15) is 11.8 Å². The molecule has 0 fully saturated rings. The van der Waals surface area contributed by atoms with Gasteiger partial charge in [0.2, 0.25) is 5.91 Å². The van der Waals surface area contributed by atoms with E-state index in [0.29, 0.717) is 36.5 Å². The van der Waals surface area contributed by atoms with E-state index < -0.39 is 12.0 Å². The number of aryl methyl sites for hydroxylation is 2. The first-order valence-corrected chi connectivity index (χ1v) is 6.38. The summed E-state index contributed by atoms with van der Waals surface area (Å²) in [5, 5.41) is 15.3. The number of carbonyl (C=O) groups excluding carboxylic acids is 1. The van der Waals surface area contributed by atoms with E-state index in [2.05, 4.69) is 10.5 Å². The minimum atomic E-state index is -1.05. The number of rotatable bonds is 8. The minimum Gasteiger partial charge on any atom is -0.480 e. The Bertz CT molecular complexity index is 450. The van der Waals surface area contributed by atoms with E-state index in [-0.39, 0.29) is 12.3 Å². The van der Waals surface area contributed by atoms with Crippen molar-refractivity contribution in [2.24, 2.45) is 0 Å². The lowest BCUT2D eigenvalue weighted by Gasteiger charge is -2.14. The van der Waals surface area contributed by atoms with Crippen molar-refractivity contribution >= 4 is 11.9 Å². The van der Waals surface area contributed by atoms with E-state index in [0.717, 1.165) is 0 Å². The molecule has 7 heteroatoms. The summed E-state index contributed by atoms with van der Waals surface area (Å²) in [5.74, 6) is -0.832. The molecular weight excluding hydrogens is 264 g/mol. The molecule has 2 N–H and O–H groups in total. The normalized spacial score (nSPS) is 12.2. The number of carboxylic acids is 1. The van der Waals surface area contributed by atoms with Crippen LogP contribution in [0, 0.1) is 13.8 Å². The number of carbonyl (C=O) groups is 2. The fraction of sp³-hybridized carbons (Fsp3) is 0.615. The van der Waals surface area contributed by atoms with Crippen molar-refractivity contribution < 1.29 is 24.0 Å². The van der Waals surface area contributed by atoms with E-state index in [4.69, 9.17) is 14.4 Å². The quantitative estimate of drug-likeness (QED) is 0.686. The standard InChI is InChI=1S/C13H20N2O5/c1-8-10(9(2)20-15-8)7-12(16)14-11(13(17)18)5-4-6-19-3/h11H,4-7H2,1-3H3,(H,14,16)(H,17,18). The van der Waals surface area contributed by atoms with Gasteiger partial charge in [-0.2, -0.15) is 0 Å². The van der Waals surface area contributed by atoms with Crippen LogP contribution in [0.25, 0.3) is 0 Å². The topological polar surface area (TPSA) is 102 Å². The first kappa shape index (κ1) is 16.2. The first-order chi connectivity index (χ1) is 9.45. The predicted octanol–water partition coefficient (Wildman–Crippen LogP) is 0.830. The molecule has 1 unspecified atom stereocenters. The third-order valence-corrected chi connectivity index (χ3v) is 2.99. The number of methoxy groups -OCH3 is 1. The van der Waals surface area contributed by atoms with Crippen LogP contribution < -0.4 is 5.32 Å². The third-order valence-electron chi connectivity index (χ3n) is 2.99. The van der Waals surface area contributed by atoms with Gasteiger partial charge in [0.05, 0.1) is 12.1 Å². The summed E-state index contributed by atoms with van der Waals surface area (Å²) < 4.78 is 9.83. The molecule has 0 radical (unpaired) electrons. The number of hydrogen-bond donors (Lipinski definition) is 2. The lowest BCUT2D eigenvalue weighted by molar-refractivity contribution is -0.142. The van der Waals surface area contributed by atoms with Crippen LogP contribution in [0.5, 0.6) is 0 Å². The molecular formula is C13H20N2O5. The lowest BCUT2D eigenvalue weighted by atomic mass is 10.1. The summed E-state index contributed by atoms with van der Waals surface area (Å²) in [6.45, 7) is 3.92. The molecule has 1 aromatic rings. The van der Waals surface area contributed by atoms with E-state index >= 15 is 0 Å². The van der Waals surface area contributed by atoms with Crippen LogP contribution in [-0.4, -0.2) is 41.9 Å². The Kier molecular flexibility index (Phi) is 6.17. The van der Waals surface area contributed by atoms with E-state index in [1.54, 1.807) is 21.0 Å². The molecule has 1 rings (SSSR count). The Morgan fingerprint density at radius 3 is 2.65 bits per heavy atom. The zero-order chi connectivity index (χ0) is 15.1. The summed E-state index contributed by atoms with van der Waals surface area (Å²) in [6.07, 6.45) is 0.963. The number of aliphatic carboxylic acids is 1. The van der Waals surface area contributed by atoms with Crippen molar-refractivity contribution in [2.75, 3.05) is 13.7 Å². The number of ether oxygens (including phenoxy) is 1. The number of nitrogens with zero attached hydrogens (tertiary/aromatic N) is 1. The number of nitrogens with one attached hydrogen (secondary N) is 1. The van der Waals surface area contributed by atoms with Crippen molar-refractivity contribution in [2.45, 2.75) is 39.2 Å². The zero-order valence-electron chi connectivity index (χ0n) is 11.9. The molecule has 0 aliphatic heterocycles. The van der Waals surface area contributed by atoms with Crippen LogP contribution in [0.1, 0.15) is 29.9 Å². The van der Waals surface area contributed by atoms with Crippen LogP contribution in [0.3, 0.4) is 0 Å². The molecule has 20 heavy (non-hydrogen) atoms. The Balaban J connectivity index is 2.56. The fourth-order valence-electron chi connectivity index (χ4n) is 1.85. The van der Waals surface area contributed by atoms with E-state index in [1.165, 1.54) is 0 Å². The predicted molar refractivity (Wildman–Crippen MR) is 70.4 cm³/mol. The van der Waals surface area contributed by atoms with Gasteiger partial charge in [-0.3, -0.25) is 4.79 Å². The summed E-state index contributed by atoms with van der Waals surface area (Å²) in [7, 11) is 1.55. The van der Waals surface area contributed by atoms with E-state index in [1.807, 2.05) is 0 Å². The molecule has 1 amide bonds. The van der Waals surface area contributed by atoms with Crippen molar-refractivity contribution in [3.63, 3.8) is 0 Å². The lowest BCUT2D eigenvalue weighted by Crippen LogP contribution is -2.41. The molecule has 0 aliphatic carbocycles. The molecule has 112 valence electrons. The summed E-state index contributed by atoms with van der Waals surface area (Å²) >= 11 is 0. The highest BCUT2D eigenvalue weighted by molar-refractivity contribution is 5.85. The molecule has 0 aromatic carbocycles. The highest BCUT2D eigenvalue weighted by Crippen LogP contribution is 2.13. The second kappa shape index (κ2) is 7.64. The maximum absolute atomic E-state index is 11.9. The van der Waals surface area contributed by atoms with Crippen LogP contribution in [-0.2, 0) is 20.7 Å². The Morgan fingerprint density at radius 2 is 2.15 bits per heavy atom. The van der Waals surface area contributed by atoms with Gasteiger partial charge in [0, 0.05) is 19.3 Å². The monoisotopic (exact) mass is 284 g/mol. The molecule has 0 saturated heterocycles. The van der Waals surface area contributed by atoms with Crippen LogP contribution >= 0.6 is 0 Å².